The summed E-state index contributed by atoms with van der Waals surface area (Å²) in [6, 6.07) is 9.27. The van der Waals surface area contributed by atoms with Gasteiger partial charge < -0.3 is 14.2 Å². The summed E-state index contributed by atoms with van der Waals surface area (Å²) in [4.78, 5) is 26.6. The lowest BCUT2D eigenvalue weighted by atomic mass is 9.92. The number of aryl methyl sites for hydroxylation is 1. The van der Waals surface area contributed by atoms with Gasteiger partial charge >= 0.3 is 12.1 Å². The second-order valence-electron chi connectivity index (χ2n) is 8.59. The van der Waals surface area contributed by atoms with Gasteiger partial charge in [-0.1, -0.05) is 17.7 Å². The predicted octanol–water partition coefficient (Wildman–Crippen LogP) is 4.72. The van der Waals surface area contributed by atoms with E-state index >= 15 is 0 Å². The second-order valence-corrected chi connectivity index (χ2v) is 8.59. The highest BCUT2D eigenvalue weighted by molar-refractivity contribution is 5.84. The van der Waals surface area contributed by atoms with Gasteiger partial charge in [0.25, 0.3) is 0 Å². The normalized spacial score (nSPS) is 15.8. The number of benzene rings is 2. The summed E-state index contributed by atoms with van der Waals surface area (Å²) >= 11 is 0. The van der Waals surface area contributed by atoms with Gasteiger partial charge in [-0.2, -0.15) is 0 Å². The highest BCUT2D eigenvalue weighted by atomic mass is 19.1. The molecule has 166 valence electrons. The maximum atomic E-state index is 14.0. The molecule has 1 atom stereocenters. The number of hydrogen-bond acceptors (Lipinski definition) is 5. The molecule has 1 amide bonds. The number of carbonyl (C=O) groups is 2. The van der Waals surface area contributed by atoms with Crippen LogP contribution in [0.4, 0.5) is 9.18 Å². The van der Waals surface area contributed by atoms with Crippen LogP contribution in [0, 0.1) is 12.7 Å². The first kappa shape index (κ1) is 22.6. The van der Waals surface area contributed by atoms with E-state index in [1.807, 2.05) is 13.0 Å². The topological polar surface area (TPSA) is 65.1 Å². The molecule has 3 rings (SSSR count). The molecule has 2 aromatic rings. The number of methoxy groups -OCH3 is 1. The van der Waals surface area contributed by atoms with Crippen LogP contribution in [0.15, 0.2) is 36.4 Å². The molecule has 6 nitrogen and oxygen atoms in total. The molecule has 0 spiro atoms. The number of rotatable bonds is 4. The molecule has 0 fully saturated rings. The number of esters is 1. The standard InChI is InChI=1S/C24H28FNO5/c1-15-6-9-20(25)17(12-15)14-30-18-7-8-19-16(13-18)10-11-26(21(19)22(27)29-5)23(28)31-24(2,3)4/h6-9,12-13,21H,10-11,14H2,1-5H3/t21-/m1/s1. The van der Waals surface area contributed by atoms with Crippen LogP contribution in [-0.4, -0.2) is 36.2 Å². The van der Waals surface area contributed by atoms with E-state index in [9.17, 15) is 14.0 Å². The van der Waals surface area contributed by atoms with E-state index < -0.39 is 23.7 Å². The Morgan fingerprint density at radius 3 is 2.58 bits per heavy atom. The molecule has 0 N–H and O–H groups in total. The fourth-order valence-electron chi connectivity index (χ4n) is 3.55. The van der Waals surface area contributed by atoms with Gasteiger partial charge in [-0.15, -0.1) is 0 Å². The van der Waals surface area contributed by atoms with Crippen LogP contribution >= 0.6 is 0 Å². The summed E-state index contributed by atoms with van der Waals surface area (Å²) in [7, 11) is 1.29. The van der Waals surface area contributed by atoms with E-state index in [0.29, 0.717) is 29.8 Å². The number of ether oxygens (including phenoxy) is 3. The molecule has 0 unspecified atom stereocenters. The van der Waals surface area contributed by atoms with Crippen LogP contribution < -0.4 is 4.74 Å². The van der Waals surface area contributed by atoms with Crippen molar-refractivity contribution in [2.45, 2.75) is 52.4 Å². The first-order valence-corrected chi connectivity index (χ1v) is 10.2. The Labute approximate surface area is 181 Å². The number of amides is 1. The van der Waals surface area contributed by atoms with Gasteiger partial charge in [-0.05, 0) is 69.5 Å². The SMILES string of the molecule is COC(=O)[C@H]1c2ccc(OCc3cc(C)ccc3F)cc2CCN1C(=O)OC(C)(C)C. The van der Waals surface area contributed by atoms with Crippen molar-refractivity contribution in [3.8, 4) is 5.75 Å². The predicted molar refractivity (Wildman–Crippen MR) is 113 cm³/mol. The van der Waals surface area contributed by atoms with Gasteiger partial charge in [-0.25, -0.2) is 14.0 Å². The van der Waals surface area contributed by atoms with Crippen LogP contribution in [0.3, 0.4) is 0 Å². The zero-order valence-corrected chi connectivity index (χ0v) is 18.5. The highest BCUT2D eigenvalue weighted by Crippen LogP contribution is 2.34. The van der Waals surface area contributed by atoms with Crippen molar-refractivity contribution in [3.05, 3.63) is 64.5 Å². The first-order valence-electron chi connectivity index (χ1n) is 10.2. The lowest BCUT2D eigenvalue weighted by Gasteiger charge is -2.36. The van der Waals surface area contributed by atoms with E-state index in [1.165, 1.54) is 18.1 Å². The first-order chi connectivity index (χ1) is 14.6. The van der Waals surface area contributed by atoms with E-state index in [4.69, 9.17) is 14.2 Å². The molecular weight excluding hydrogens is 401 g/mol. The Morgan fingerprint density at radius 1 is 1.16 bits per heavy atom. The molecule has 0 radical (unpaired) electrons. The summed E-state index contributed by atoms with van der Waals surface area (Å²) in [5.41, 5.74) is 2.28. The van der Waals surface area contributed by atoms with Crippen molar-refractivity contribution in [1.29, 1.82) is 0 Å². The van der Waals surface area contributed by atoms with Gasteiger partial charge in [-0.3, -0.25) is 4.90 Å². The van der Waals surface area contributed by atoms with Crippen LogP contribution in [0.1, 0.15) is 49.1 Å². The van der Waals surface area contributed by atoms with Gasteiger partial charge in [0.1, 0.15) is 23.8 Å². The maximum absolute atomic E-state index is 14.0. The monoisotopic (exact) mass is 429 g/mol. The van der Waals surface area contributed by atoms with Crippen LogP contribution in [0.25, 0.3) is 0 Å². The molecule has 0 bridgehead atoms. The lowest BCUT2D eigenvalue weighted by Crippen LogP contribution is -2.46. The Bertz CT molecular complexity index is 982. The largest absolute Gasteiger partial charge is 0.489 e. The molecule has 1 aliphatic heterocycles. The van der Waals surface area contributed by atoms with Crippen LogP contribution in [0.5, 0.6) is 5.75 Å². The zero-order valence-electron chi connectivity index (χ0n) is 18.5. The third kappa shape index (κ3) is 5.34. The molecule has 0 aromatic heterocycles. The van der Waals surface area contributed by atoms with Crippen LogP contribution in [0.2, 0.25) is 0 Å². The number of hydrogen-bond donors (Lipinski definition) is 0. The molecule has 1 aliphatic rings. The minimum absolute atomic E-state index is 0.0940. The zero-order chi connectivity index (χ0) is 22.8. The van der Waals surface area contributed by atoms with Crippen molar-refractivity contribution in [1.82, 2.24) is 4.90 Å². The molecule has 0 saturated carbocycles. The van der Waals surface area contributed by atoms with E-state index in [2.05, 4.69) is 0 Å². The summed E-state index contributed by atoms with van der Waals surface area (Å²) in [5.74, 6) is -0.293. The smallest absolute Gasteiger partial charge is 0.411 e. The molecule has 0 aliphatic carbocycles. The molecule has 2 aromatic carbocycles. The number of carbonyl (C=O) groups excluding carboxylic acids is 2. The fourth-order valence-corrected chi connectivity index (χ4v) is 3.55. The Morgan fingerprint density at radius 2 is 1.90 bits per heavy atom. The molecule has 7 heteroatoms. The van der Waals surface area contributed by atoms with Crippen molar-refractivity contribution >= 4 is 12.1 Å². The quantitative estimate of drug-likeness (QED) is 0.658. The van der Waals surface area contributed by atoms with Crippen molar-refractivity contribution in [3.63, 3.8) is 0 Å². The summed E-state index contributed by atoms with van der Waals surface area (Å²) in [6.45, 7) is 7.61. The average molecular weight is 429 g/mol. The third-order valence-electron chi connectivity index (χ3n) is 4.99. The lowest BCUT2D eigenvalue weighted by molar-refractivity contribution is -0.147. The van der Waals surface area contributed by atoms with Crippen LogP contribution in [-0.2, 0) is 27.3 Å². The number of halogens is 1. The summed E-state index contributed by atoms with van der Waals surface area (Å²) in [5, 5.41) is 0. The summed E-state index contributed by atoms with van der Waals surface area (Å²) < 4.78 is 30.2. The van der Waals surface area contributed by atoms with E-state index in [-0.39, 0.29) is 12.4 Å². The minimum atomic E-state index is -0.896. The van der Waals surface area contributed by atoms with Crippen molar-refractivity contribution in [2.75, 3.05) is 13.7 Å². The molecule has 0 saturated heterocycles. The highest BCUT2D eigenvalue weighted by Gasteiger charge is 2.39. The molecular formula is C24H28FNO5. The van der Waals surface area contributed by atoms with E-state index in [0.717, 1.165) is 11.1 Å². The van der Waals surface area contributed by atoms with Gasteiger partial charge in [0.05, 0.1) is 7.11 Å². The third-order valence-corrected chi connectivity index (χ3v) is 4.99. The summed E-state index contributed by atoms with van der Waals surface area (Å²) in [6.07, 6.45) is -0.0401. The van der Waals surface area contributed by atoms with Crippen molar-refractivity contribution < 1.29 is 28.2 Å². The van der Waals surface area contributed by atoms with E-state index in [1.54, 1.807) is 45.0 Å². The number of fused-ring (bicyclic) bond motifs is 1. The Hall–Kier alpha value is -3.09. The fraction of sp³-hybridized carbons (Fsp3) is 0.417. The van der Waals surface area contributed by atoms with Crippen molar-refractivity contribution in [2.24, 2.45) is 0 Å². The minimum Gasteiger partial charge on any atom is -0.489 e. The maximum Gasteiger partial charge on any atom is 0.411 e. The Kier molecular flexibility index (Phi) is 6.53. The average Bonchev–Trinajstić information content (AvgIpc) is 2.71. The number of nitrogens with zero attached hydrogens (tertiary/aromatic N) is 1. The van der Waals surface area contributed by atoms with Gasteiger partial charge in [0.15, 0.2) is 6.04 Å². The second kappa shape index (κ2) is 8.96. The van der Waals surface area contributed by atoms with Gasteiger partial charge in [0.2, 0.25) is 0 Å². The Balaban J connectivity index is 1.83. The van der Waals surface area contributed by atoms with Gasteiger partial charge in [0, 0.05) is 12.1 Å². The molecule has 31 heavy (non-hydrogen) atoms. The molecule has 1 heterocycles.